The van der Waals surface area contributed by atoms with Gasteiger partial charge in [-0.3, -0.25) is 4.79 Å². The molecule has 0 aliphatic heterocycles. The van der Waals surface area contributed by atoms with Crippen LogP contribution in [0.3, 0.4) is 0 Å². The third-order valence-corrected chi connectivity index (χ3v) is 3.63. The number of esters is 1. The maximum absolute atomic E-state index is 11.1. The Kier molecular flexibility index (Phi) is 4.34. The number of carbonyl (C=O) groups excluding carboxylic acids is 1. The van der Waals surface area contributed by atoms with E-state index in [1.807, 2.05) is 18.7 Å². The highest BCUT2D eigenvalue weighted by molar-refractivity contribution is 7.99. The van der Waals surface area contributed by atoms with Gasteiger partial charge in [0.1, 0.15) is 0 Å². The molecule has 0 spiro atoms. The maximum Gasteiger partial charge on any atom is 0.306 e. The number of ether oxygens (including phenoxy) is 1. The van der Waals surface area contributed by atoms with Gasteiger partial charge in [-0.2, -0.15) is 0 Å². The van der Waals surface area contributed by atoms with Gasteiger partial charge in [-0.25, -0.2) is 0 Å². The highest BCUT2D eigenvalue weighted by atomic mass is 32.2. The first-order valence-electron chi connectivity index (χ1n) is 4.77. The van der Waals surface area contributed by atoms with Crippen LogP contribution < -0.4 is 0 Å². The third kappa shape index (κ3) is 3.63. The zero-order valence-electron chi connectivity index (χ0n) is 8.76. The van der Waals surface area contributed by atoms with E-state index >= 15 is 0 Å². The number of hydrogen-bond acceptors (Lipinski definition) is 3. The van der Waals surface area contributed by atoms with E-state index in [4.69, 9.17) is 0 Å². The summed E-state index contributed by atoms with van der Waals surface area (Å²) < 4.78 is 4.68. The quantitative estimate of drug-likeness (QED) is 0.396. The van der Waals surface area contributed by atoms with Gasteiger partial charge in [0.25, 0.3) is 0 Å². The smallest absolute Gasteiger partial charge is 0.306 e. The van der Waals surface area contributed by atoms with E-state index in [0.29, 0.717) is 6.42 Å². The van der Waals surface area contributed by atoms with Gasteiger partial charge < -0.3 is 4.74 Å². The van der Waals surface area contributed by atoms with Crippen LogP contribution in [-0.2, 0) is 9.53 Å². The molecule has 0 aromatic heterocycles. The molecule has 0 heterocycles. The first-order chi connectivity index (χ1) is 6.72. The molecular weight excluding hydrogens is 196 g/mol. The Balaban J connectivity index is 2.21. The zero-order chi connectivity index (χ0) is 10.4. The van der Waals surface area contributed by atoms with E-state index < -0.39 is 0 Å². The molecule has 0 bridgehead atoms. The molecule has 1 rings (SSSR count). The predicted octanol–water partition coefficient (Wildman–Crippen LogP) is 2.09. The van der Waals surface area contributed by atoms with Crippen LogP contribution in [0.1, 0.15) is 26.2 Å². The van der Waals surface area contributed by atoms with Gasteiger partial charge in [-0.05, 0) is 25.2 Å². The van der Waals surface area contributed by atoms with E-state index in [1.165, 1.54) is 7.11 Å². The Hall–Kier alpha value is -0.620. The lowest BCUT2D eigenvalue weighted by Gasteiger charge is -2.11. The summed E-state index contributed by atoms with van der Waals surface area (Å²) in [6.45, 7) is 1.85. The minimum Gasteiger partial charge on any atom is -0.469 e. The van der Waals surface area contributed by atoms with Crippen LogP contribution in [0.25, 0.3) is 0 Å². The average molecular weight is 212 g/mol. The minimum absolute atomic E-state index is 0.0790. The number of thioether (sulfide) groups is 1. The van der Waals surface area contributed by atoms with Crippen LogP contribution in [0.15, 0.2) is 0 Å². The Morgan fingerprint density at radius 3 is 2.79 bits per heavy atom. The van der Waals surface area contributed by atoms with Gasteiger partial charge in [0.2, 0.25) is 0 Å². The van der Waals surface area contributed by atoms with Crippen molar-refractivity contribution in [3.63, 3.8) is 0 Å². The minimum atomic E-state index is -0.0790. The van der Waals surface area contributed by atoms with Crippen LogP contribution in [0.4, 0.5) is 0 Å². The Labute approximate surface area is 89.8 Å². The molecule has 0 unspecified atom stereocenters. The van der Waals surface area contributed by atoms with Gasteiger partial charge >= 0.3 is 5.97 Å². The molecule has 2 nitrogen and oxygen atoms in total. The Morgan fingerprint density at radius 2 is 2.29 bits per heavy atom. The van der Waals surface area contributed by atoms with Crippen molar-refractivity contribution in [3.05, 3.63) is 0 Å². The summed E-state index contributed by atoms with van der Waals surface area (Å²) in [5.41, 5.74) is 0.243. The van der Waals surface area contributed by atoms with E-state index in [2.05, 4.69) is 16.6 Å². The van der Waals surface area contributed by atoms with Crippen molar-refractivity contribution in [2.75, 3.05) is 18.6 Å². The molecule has 1 saturated carbocycles. The van der Waals surface area contributed by atoms with Crippen molar-refractivity contribution < 1.29 is 9.53 Å². The first kappa shape index (κ1) is 11.5. The molecule has 14 heavy (non-hydrogen) atoms. The number of hydrogen-bond donors (Lipinski definition) is 0. The van der Waals surface area contributed by atoms with Crippen LogP contribution >= 0.6 is 11.8 Å². The molecule has 3 heteroatoms. The van der Waals surface area contributed by atoms with Crippen LogP contribution in [0.2, 0.25) is 0 Å². The lowest BCUT2D eigenvalue weighted by Crippen LogP contribution is -2.13. The standard InChI is InChI=1S/C11H16O2S/c1-3-4-7-14-9-11(5-6-11)8-10(12)13-2/h5-9H2,1-2H3. The fourth-order valence-electron chi connectivity index (χ4n) is 1.32. The summed E-state index contributed by atoms with van der Waals surface area (Å²) in [6, 6.07) is 0. The van der Waals surface area contributed by atoms with Gasteiger partial charge in [0.15, 0.2) is 0 Å². The van der Waals surface area contributed by atoms with Crippen LogP contribution in [-0.4, -0.2) is 24.6 Å². The second kappa shape index (κ2) is 5.31. The summed E-state index contributed by atoms with van der Waals surface area (Å²) in [7, 11) is 1.45. The van der Waals surface area contributed by atoms with E-state index in [-0.39, 0.29) is 11.4 Å². The zero-order valence-corrected chi connectivity index (χ0v) is 9.58. The molecule has 0 amide bonds. The van der Waals surface area contributed by atoms with Crippen LogP contribution in [0.5, 0.6) is 0 Å². The lowest BCUT2D eigenvalue weighted by atomic mass is 10.1. The summed E-state index contributed by atoms with van der Waals surface area (Å²) in [4.78, 5) is 11.1. The monoisotopic (exact) mass is 212 g/mol. The summed E-state index contributed by atoms with van der Waals surface area (Å²) >= 11 is 1.82. The van der Waals surface area contributed by atoms with Gasteiger partial charge in [0.05, 0.1) is 19.3 Å². The molecule has 0 saturated heterocycles. The third-order valence-electron chi connectivity index (χ3n) is 2.46. The van der Waals surface area contributed by atoms with E-state index in [0.717, 1.165) is 24.3 Å². The summed E-state index contributed by atoms with van der Waals surface area (Å²) in [5.74, 6) is 7.71. The molecule has 78 valence electrons. The molecular formula is C11H16O2S. The largest absolute Gasteiger partial charge is 0.469 e. The molecule has 0 N–H and O–H groups in total. The summed E-state index contributed by atoms with van der Waals surface area (Å²) in [5, 5.41) is 0. The maximum atomic E-state index is 11.1. The molecule has 1 fully saturated rings. The van der Waals surface area contributed by atoms with Crippen LogP contribution in [0, 0.1) is 17.3 Å². The Bertz CT molecular complexity index is 258. The topological polar surface area (TPSA) is 26.3 Å². The first-order valence-corrected chi connectivity index (χ1v) is 5.92. The van der Waals surface area contributed by atoms with Crippen molar-refractivity contribution in [1.29, 1.82) is 0 Å². The van der Waals surface area contributed by atoms with Crippen molar-refractivity contribution in [3.8, 4) is 11.8 Å². The predicted molar refractivity (Wildman–Crippen MR) is 59.1 cm³/mol. The molecule has 0 aromatic carbocycles. The molecule has 0 atom stereocenters. The number of carbonyl (C=O) groups is 1. The SMILES string of the molecule is CC#CCSCC1(CC(=O)OC)CC1. The second-order valence-electron chi connectivity index (χ2n) is 3.67. The van der Waals surface area contributed by atoms with E-state index in [9.17, 15) is 4.79 Å². The van der Waals surface area contributed by atoms with Crippen molar-refractivity contribution in [2.24, 2.45) is 5.41 Å². The molecule has 1 aliphatic carbocycles. The van der Waals surface area contributed by atoms with Gasteiger partial charge in [-0.1, -0.05) is 5.92 Å². The fraction of sp³-hybridized carbons (Fsp3) is 0.727. The molecule has 0 radical (unpaired) electrons. The number of methoxy groups -OCH3 is 1. The van der Waals surface area contributed by atoms with Gasteiger partial charge in [0, 0.05) is 5.75 Å². The average Bonchev–Trinajstić information content (AvgIpc) is 2.93. The molecule has 1 aliphatic rings. The molecule has 0 aromatic rings. The van der Waals surface area contributed by atoms with E-state index in [1.54, 1.807) is 0 Å². The fourth-order valence-corrected chi connectivity index (χ4v) is 2.49. The lowest BCUT2D eigenvalue weighted by molar-refractivity contribution is -0.141. The Morgan fingerprint density at radius 1 is 1.57 bits per heavy atom. The number of rotatable bonds is 5. The van der Waals surface area contributed by atoms with Crippen molar-refractivity contribution >= 4 is 17.7 Å². The van der Waals surface area contributed by atoms with Gasteiger partial charge in [-0.15, -0.1) is 17.7 Å². The highest BCUT2D eigenvalue weighted by Gasteiger charge is 2.44. The van der Waals surface area contributed by atoms with Crippen molar-refractivity contribution in [2.45, 2.75) is 26.2 Å². The van der Waals surface area contributed by atoms with Crippen molar-refractivity contribution in [1.82, 2.24) is 0 Å². The highest BCUT2D eigenvalue weighted by Crippen LogP contribution is 2.51. The second-order valence-corrected chi connectivity index (χ2v) is 4.66. The normalized spacial score (nSPS) is 16.7. The summed E-state index contributed by atoms with van der Waals surface area (Å²) in [6.07, 6.45) is 2.90.